The van der Waals surface area contributed by atoms with Crippen LogP contribution >= 0.6 is 11.6 Å². The van der Waals surface area contributed by atoms with E-state index in [1.54, 1.807) is 7.11 Å². The number of rotatable bonds is 2. The first kappa shape index (κ1) is 9.14. The predicted octanol–water partition coefficient (Wildman–Crippen LogP) is 3.35. The highest BCUT2D eigenvalue weighted by Gasteiger charge is 1.98. The number of methoxy groups -OCH3 is 1. The molecule has 1 aromatic rings. The Morgan fingerprint density at radius 1 is 1.50 bits per heavy atom. The smallest absolute Gasteiger partial charge is 0.121 e. The molecule has 0 saturated heterocycles. The molecule has 0 aliphatic rings. The van der Waals surface area contributed by atoms with Crippen molar-refractivity contribution >= 4 is 17.4 Å². The van der Waals surface area contributed by atoms with Crippen LogP contribution in [0.4, 0.5) is 0 Å². The van der Waals surface area contributed by atoms with Gasteiger partial charge in [0.1, 0.15) is 5.76 Å². The van der Waals surface area contributed by atoms with Gasteiger partial charge in [0, 0.05) is 10.6 Å². The second kappa shape index (κ2) is 4.17. The lowest BCUT2D eigenvalue weighted by molar-refractivity contribution is 0.369. The molecule has 0 N–H and O–H groups in total. The first-order valence-corrected chi connectivity index (χ1v) is 4.12. The molecule has 0 heterocycles. The SMILES string of the molecule is CC=C(OC)c1cccc(Cl)c1. The molecule has 0 amide bonds. The highest BCUT2D eigenvalue weighted by molar-refractivity contribution is 6.30. The summed E-state index contributed by atoms with van der Waals surface area (Å²) < 4.78 is 5.14. The molecule has 12 heavy (non-hydrogen) atoms. The largest absolute Gasteiger partial charge is 0.496 e. The number of hydrogen-bond donors (Lipinski definition) is 0. The summed E-state index contributed by atoms with van der Waals surface area (Å²) in [5.41, 5.74) is 1.01. The summed E-state index contributed by atoms with van der Waals surface area (Å²) in [6, 6.07) is 7.58. The Kier molecular flexibility index (Phi) is 3.18. The minimum Gasteiger partial charge on any atom is -0.496 e. The van der Waals surface area contributed by atoms with E-state index in [2.05, 4.69) is 0 Å². The minimum absolute atomic E-state index is 0.726. The van der Waals surface area contributed by atoms with Gasteiger partial charge in [-0.05, 0) is 25.1 Å². The summed E-state index contributed by atoms with van der Waals surface area (Å²) >= 11 is 5.82. The van der Waals surface area contributed by atoms with Gasteiger partial charge in [0.15, 0.2) is 0 Å². The Bertz CT molecular complexity index is 292. The standard InChI is InChI=1S/C10H11ClO/c1-3-10(12-2)8-5-4-6-9(11)7-8/h3-7H,1-2H3. The van der Waals surface area contributed by atoms with Crippen LogP contribution in [0.1, 0.15) is 12.5 Å². The minimum atomic E-state index is 0.726. The topological polar surface area (TPSA) is 9.23 Å². The Labute approximate surface area is 77.6 Å². The average Bonchev–Trinajstić information content (AvgIpc) is 2.07. The van der Waals surface area contributed by atoms with E-state index in [1.807, 2.05) is 37.3 Å². The normalized spacial score (nSPS) is 11.4. The molecule has 0 atom stereocenters. The molecule has 0 aliphatic heterocycles. The number of allylic oxidation sites excluding steroid dienone is 1. The van der Waals surface area contributed by atoms with Gasteiger partial charge in [-0.15, -0.1) is 0 Å². The van der Waals surface area contributed by atoms with Crippen LogP contribution in [0.2, 0.25) is 5.02 Å². The van der Waals surface area contributed by atoms with Crippen LogP contribution in [-0.4, -0.2) is 7.11 Å². The Morgan fingerprint density at radius 3 is 2.75 bits per heavy atom. The van der Waals surface area contributed by atoms with E-state index in [9.17, 15) is 0 Å². The van der Waals surface area contributed by atoms with Crippen molar-refractivity contribution < 1.29 is 4.74 Å². The van der Waals surface area contributed by atoms with E-state index in [1.165, 1.54) is 0 Å². The van der Waals surface area contributed by atoms with Crippen molar-refractivity contribution in [3.63, 3.8) is 0 Å². The number of ether oxygens (including phenoxy) is 1. The van der Waals surface area contributed by atoms with Crippen molar-refractivity contribution in [3.05, 3.63) is 40.9 Å². The molecule has 0 bridgehead atoms. The number of hydrogen-bond acceptors (Lipinski definition) is 1. The molecule has 0 aliphatic carbocycles. The molecular weight excluding hydrogens is 172 g/mol. The van der Waals surface area contributed by atoms with Crippen LogP contribution in [0.3, 0.4) is 0 Å². The van der Waals surface area contributed by atoms with Gasteiger partial charge in [0.25, 0.3) is 0 Å². The zero-order valence-electron chi connectivity index (χ0n) is 7.17. The first-order valence-electron chi connectivity index (χ1n) is 3.74. The van der Waals surface area contributed by atoms with E-state index >= 15 is 0 Å². The molecule has 0 fully saturated rings. The highest BCUT2D eigenvalue weighted by atomic mass is 35.5. The van der Waals surface area contributed by atoms with E-state index in [0.29, 0.717) is 0 Å². The molecule has 0 aromatic heterocycles. The fourth-order valence-corrected chi connectivity index (χ4v) is 1.23. The quantitative estimate of drug-likeness (QED) is 0.638. The molecular formula is C10H11ClO. The van der Waals surface area contributed by atoms with Crippen LogP contribution in [0.5, 0.6) is 0 Å². The van der Waals surface area contributed by atoms with Crippen LogP contribution in [-0.2, 0) is 4.74 Å². The monoisotopic (exact) mass is 182 g/mol. The van der Waals surface area contributed by atoms with Gasteiger partial charge in [0.05, 0.1) is 7.11 Å². The van der Waals surface area contributed by atoms with Gasteiger partial charge < -0.3 is 4.74 Å². The van der Waals surface area contributed by atoms with Crippen molar-refractivity contribution in [3.8, 4) is 0 Å². The molecule has 0 radical (unpaired) electrons. The second-order valence-corrected chi connectivity index (χ2v) is 2.80. The van der Waals surface area contributed by atoms with Gasteiger partial charge >= 0.3 is 0 Å². The lowest BCUT2D eigenvalue weighted by Gasteiger charge is -2.04. The summed E-state index contributed by atoms with van der Waals surface area (Å²) in [5.74, 6) is 0.845. The van der Waals surface area contributed by atoms with Crippen LogP contribution in [0.25, 0.3) is 5.76 Å². The molecule has 2 heteroatoms. The molecule has 1 nitrogen and oxygen atoms in total. The van der Waals surface area contributed by atoms with Gasteiger partial charge in [-0.1, -0.05) is 23.7 Å². The Balaban J connectivity index is 3.02. The lowest BCUT2D eigenvalue weighted by atomic mass is 10.2. The third-order valence-electron chi connectivity index (χ3n) is 1.59. The molecule has 64 valence electrons. The summed E-state index contributed by atoms with van der Waals surface area (Å²) in [5, 5.41) is 0.726. The third-order valence-corrected chi connectivity index (χ3v) is 1.83. The molecule has 1 rings (SSSR count). The number of halogens is 1. The maximum atomic E-state index is 5.82. The van der Waals surface area contributed by atoms with Crippen molar-refractivity contribution in [1.82, 2.24) is 0 Å². The van der Waals surface area contributed by atoms with Gasteiger partial charge in [-0.2, -0.15) is 0 Å². The van der Waals surface area contributed by atoms with Crippen molar-refractivity contribution in [2.45, 2.75) is 6.92 Å². The summed E-state index contributed by atoms with van der Waals surface area (Å²) in [6.07, 6.45) is 1.91. The second-order valence-electron chi connectivity index (χ2n) is 2.37. The molecule has 1 aromatic carbocycles. The number of benzene rings is 1. The fraction of sp³-hybridized carbons (Fsp3) is 0.200. The van der Waals surface area contributed by atoms with Gasteiger partial charge in [-0.3, -0.25) is 0 Å². The predicted molar refractivity (Wildman–Crippen MR) is 52.1 cm³/mol. The third kappa shape index (κ3) is 2.02. The lowest BCUT2D eigenvalue weighted by Crippen LogP contribution is -1.85. The van der Waals surface area contributed by atoms with E-state index < -0.39 is 0 Å². The Morgan fingerprint density at radius 2 is 2.25 bits per heavy atom. The summed E-state index contributed by atoms with van der Waals surface area (Å²) in [7, 11) is 1.65. The van der Waals surface area contributed by atoms with E-state index in [0.717, 1.165) is 16.3 Å². The maximum absolute atomic E-state index is 5.82. The van der Waals surface area contributed by atoms with E-state index in [-0.39, 0.29) is 0 Å². The van der Waals surface area contributed by atoms with Gasteiger partial charge in [-0.25, -0.2) is 0 Å². The van der Waals surface area contributed by atoms with Crippen LogP contribution in [0.15, 0.2) is 30.3 Å². The fourth-order valence-electron chi connectivity index (χ4n) is 1.04. The van der Waals surface area contributed by atoms with Crippen molar-refractivity contribution in [2.75, 3.05) is 7.11 Å². The van der Waals surface area contributed by atoms with Crippen molar-refractivity contribution in [2.24, 2.45) is 0 Å². The molecule has 0 saturated carbocycles. The Hall–Kier alpha value is -0.950. The molecule has 0 spiro atoms. The summed E-state index contributed by atoms with van der Waals surface area (Å²) in [6.45, 7) is 1.93. The summed E-state index contributed by atoms with van der Waals surface area (Å²) in [4.78, 5) is 0. The van der Waals surface area contributed by atoms with Crippen LogP contribution in [0, 0.1) is 0 Å². The van der Waals surface area contributed by atoms with Gasteiger partial charge in [0.2, 0.25) is 0 Å². The zero-order valence-corrected chi connectivity index (χ0v) is 7.93. The zero-order chi connectivity index (χ0) is 8.97. The highest BCUT2D eigenvalue weighted by Crippen LogP contribution is 2.18. The van der Waals surface area contributed by atoms with E-state index in [4.69, 9.17) is 16.3 Å². The maximum Gasteiger partial charge on any atom is 0.121 e. The average molecular weight is 183 g/mol. The first-order chi connectivity index (χ1) is 5.77. The van der Waals surface area contributed by atoms with Crippen molar-refractivity contribution in [1.29, 1.82) is 0 Å². The molecule has 0 unspecified atom stereocenters. The van der Waals surface area contributed by atoms with Crippen LogP contribution < -0.4 is 0 Å².